The molecule has 8 nitrogen and oxygen atoms in total. The second-order valence-electron chi connectivity index (χ2n) is 6.11. The number of anilines is 3. The zero-order valence-corrected chi connectivity index (χ0v) is 14.3. The summed E-state index contributed by atoms with van der Waals surface area (Å²) < 4.78 is 13.8. The molecule has 0 atom stereocenters. The van der Waals surface area contributed by atoms with Gasteiger partial charge in [-0.2, -0.15) is 0 Å². The van der Waals surface area contributed by atoms with E-state index < -0.39 is 10.7 Å². The molecule has 1 fully saturated rings. The van der Waals surface area contributed by atoms with E-state index in [2.05, 4.69) is 25.5 Å². The third-order valence-electron chi connectivity index (χ3n) is 4.30. The van der Waals surface area contributed by atoms with Crippen LogP contribution in [0.3, 0.4) is 0 Å². The van der Waals surface area contributed by atoms with Crippen molar-refractivity contribution in [2.24, 2.45) is 0 Å². The number of likely N-dealkylation sites (tertiary alicyclic amines) is 1. The highest BCUT2D eigenvalue weighted by Gasteiger charge is 2.23. The fraction of sp³-hybridized carbons (Fsp3) is 0.412. The van der Waals surface area contributed by atoms with Gasteiger partial charge in [-0.1, -0.05) is 18.6 Å². The lowest BCUT2D eigenvalue weighted by Gasteiger charge is -2.26. The van der Waals surface area contributed by atoms with Crippen LogP contribution in [0.1, 0.15) is 19.3 Å². The number of nitro groups is 1. The number of halogens is 1. The molecule has 0 radical (unpaired) electrons. The lowest BCUT2D eigenvalue weighted by Crippen LogP contribution is -2.33. The fourth-order valence-corrected chi connectivity index (χ4v) is 2.98. The van der Waals surface area contributed by atoms with Crippen LogP contribution in [-0.2, 0) is 0 Å². The molecule has 0 aliphatic carbocycles. The van der Waals surface area contributed by atoms with Gasteiger partial charge in [0.1, 0.15) is 12.1 Å². The molecule has 3 rings (SSSR count). The molecular weight excluding hydrogens is 339 g/mol. The topological polar surface area (TPSA) is 96.2 Å². The second-order valence-corrected chi connectivity index (χ2v) is 6.11. The van der Waals surface area contributed by atoms with E-state index >= 15 is 0 Å². The lowest BCUT2D eigenvalue weighted by atomic mass is 10.1. The van der Waals surface area contributed by atoms with Crippen molar-refractivity contribution < 1.29 is 9.31 Å². The Morgan fingerprint density at radius 3 is 2.62 bits per heavy atom. The summed E-state index contributed by atoms with van der Waals surface area (Å²) in [6.07, 6.45) is 4.85. The molecule has 138 valence electrons. The number of piperidine rings is 1. The highest BCUT2D eigenvalue weighted by Crippen LogP contribution is 2.31. The molecule has 1 aliphatic heterocycles. The molecule has 9 heteroatoms. The maximum atomic E-state index is 13.8. The zero-order chi connectivity index (χ0) is 18.4. The summed E-state index contributed by atoms with van der Waals surface area (Å²) in [7, 11) is 0. The molecule has 0 spiro atoms. The molecule has 1 aromatic heterocycles. The van der Waals surface area contributed by atoms with Gasteiger partial charge in [0.25, 0.3) is 0 Å². The molecule has 1 aromatic carbocycles. The summed E-state index contributed by atoms with van der Waals surface area (Å²) in [6.45, 7) is 3.43. The Kier molecular flexibility index (Phi) is 5.90. The van der Waals surface area contributed by atoms with Gasteiger partial charge in [0.15, 0.2) is 0 Å². The van der Waals surface area contributed by atoms with E-state index in [1.165, 1.54) is 37.7 Å². The highest BCUT2D eigenvalue weighted by atomic mass is 19.1. The zero-order valence-electron chi connectivity index (χ0n) is 14.3. The van der Waals surface area contributed by atoms with Crippen molar-refractivity contribution in [1.29, 1.82) is 0 Å². The van der Waals surface area contributed by atoms with Crippen LogP contribution in [0.2, 0.25) is 0 Å². The molecule has 1 saturated heterocycles. The Hall–Kier alpha value is -2.81. The molecule has 0 amide bonds. The van der Waals surface area contributed by atoms with Crippen molar-refractivity contribution in [1.82, 2.24) is 14.9 Å². The summed E-state index contributed by atoms with van der Waals surface area (Å²) >= 11 is 0. The first-order valence-electron chi connectivity index (χ1n) is 8.62. The minimum Gasteiger partial charge on any atom is -0.363 e. The van der Waals surface area contributed by atoms with Crippen LogP contribution in [0, 0.1) is 15.9 Å². The number of hydrogen-bond donors (Lipinski definition) is 2. The van der Waals surface area contributed by atoms with Crippen LogP contribution >= 0.6 is 0 Å². The quantitative estimate of drug-likeness (QED) is 0.578. The summed E-state index contributed by atoms with van der Waals surface area (Å²) in [6, 6.07) is 5.94. The monoisotopic (exact) mass is 360 g/mol. The van der Waals surface area contributed by atoms with E-state index in [-0.39, 0.29) is 23.0 Å². The number of nitrogens with zero attached hydrogens (tertiary/aromatic N) is 4. The van der Waals surface area contributed by atoms with Gasteiger partial charge in [0, 0.05) is 13.1 Å². The van der Waals surface area contributed by atoms with Crippen molar-refractivity contribution in [2.45, 2.75) is 19.3 Å². The van der Waals surface area contributed by atoms with Crippen LogP contribution < -0.4 is 10.6 Å². The van der Waals surface area contributed by atoms with Crippen LogP contribution in [-0.4, -0.2) is 46.0 Å². The Labute approximate surface area is 150 Å². The summed E-state index contributed by atoms with van der Waals surface area (Å²) in [4.78, 5) is 21.2. The minimum absolute atomic E-state index is 0.0458. The van der Waals surface area contributed by atoms with E-state index in [4.69, 9.17) is 0 Å². The molecular formula is C17H21FN6O2. The lowest BCUT2D eigenvalue weighted by molar-refractivity contribution is -0.383. The molecule has 0 bridgehead atoms. The van der Waals surface area contributed by atoms with E-state index in [9.17, 15) is 14.5 Å². The van der Waals surface area contributed by atoms with Crippen molar-refractivity contribution in [3.8, 4) is 0 Å². The van der Waals surface area contributed by atoms with Crippen LogP contribution in [0.4, 0.5) is 27.4 Å². The third kappa shape index (κ3) is 4.42. The van der Waals surface area contributed by atoms with Gasteiger partial charge >= 0.3 is 5.69 Å². The normalized spacial score (nSPS) is 14.8. The van der Waals surface area contributed by atoms with Crippen molar-refractivity contribution in [3.05, 3.63) is 46.5 Å². The summed E-state index contributed by atoms with van der Waals surface area (Å²) in [5.41, 5.74) is -0.178. The number of hydrogen-bond acceptors (Lipinski definition) is 7. The first-order chi connectivity index (χ1) is 12.6. The number of aromatic nitrogens is 2. The summed E-state index contributed by atoms with van der Waals surface area (Å²) in [5.74, 6) is -0.434. The molecule has 2 heterocycles. The molecule has 2 N–H and O–H groups in total. The van der Waals surface area contributed by atoms with Crippen LogP contribution in [0.5, 0.6) is 0 Å². The predicted octanol–water partition coefficient (Wildman–Crippen LogP) is 3.17. The summed E-state index contributed by atoms with van der Waals surface area (Å²) in [5, 5.41) is 17.2. The SMILES string of the molecule is O=[N+]([O-])c1c(NCCN2CCCCC2)ncnc1Nc1ccccc1F. The standard InChI is InChI=1S/C17H21FN6O2/c18-13-6-2-3-7-14(13)22-17-15(24(25)26)16(20-12-21-17)19-8-11-23-9-4-1-5-10-23/h2-3,6-7,12H,1,4-5,8-11H2,(H2,19,20,21,22). The molecule has 26 heavy (non-hydrogen) atoms. The van der Waals surface area contributed by atoms with Crippen LogP contribution in [0.15, 0.2) is 30.6 Å². The van der Waals surface area contributed by atoms with Gasteiger partial charge in [0.05, 0.1) is 10.6 Å². The van der Waals surface area contributed by atoms with Crippen molar-refractivity contribution >= 4 is 23.0 Å². The molecule has 1 aliphatic rings. The molecule has 0 saturated carbocycles. The van der Waals surface area contributed by atoms with Crippen molar-refractivity contribution in [3.63, 3.8) is 0 Å². The first-order valence-corrected chi connectivity index (χ1v) is 8.62. The number of rotatable bonds is 7. The third-order valence-corrected chi connectivity index (χ3v) is 4.30. The van der Waals surface area contributed by atoms with Crippen LogP contribution in [0.25, 0.3) is 0 Å². The average Bonchev–Trinajstić information content (AvgIpc) is 2.64. The number of benzene rings is 1. The average molecular weight is 360 g/mol. The van der Waals surface area contributed by atoms with E-state index in [0.717, 1.165) is 19.6 Å². The first kappa shape index (κ1) is 18.0. The Morgan fingerprint density at radius 1 is 1.15 bits per heavy atom. The van der Waals surface area contributed by atoms with E-state index in [1.54, 1.807) is 12.1 Å². The molecule has 2 aromatic rings. The van der Waals surface area contributed by atoms with E-state index in [0.29, 0.717) is 6.54 Å². The second kappa shape index (κ2) is 8.52. The van der Waals surface area contributed by atoms with Gasteiger partial charge in [-0.15, -0.1) is 0 Å². The largest absolute Gasteiger partial charge is 0.363 e. The van der Waals surface area contributed by atoms with E-state index in [1.807, 2.05) is 0 Å². The molecule has 0 unspecified atom stereocenters. The van der Waals surface area contributed by atoms with Gasteiger partial charge in [0.2, 0.25) is 11.6 Å². The maximum absolute atomic E-state index is 13.8. The smallest absolute Gasteiger partial charge is 0.353 e. The van der Waals surface area contributed by atoms with Gasteiger partial charge in [-0.3, -0.25) is 10.1 Å². The van der Waals surface area contributed by atoms with Gasteiger partial charge in [-0.25, -0.2) is 14.4 Å². The minimum atomic E-state index is -0.563. The Bertz CT molecular complexity index is 767. The predicted molar refractivity (Wildman–Crippen MR) is 97.1 cm³/mol. The maximum Gasteiger partial charge on any atom is 0.353 e. The van der Waals surface area contributed by atoms with Gasteiger partial charge in [-0.05, 0) is 38.1 Å². The fourth-order valence-electron chi connectivity index (χ4n) is 2.98. The van der Waals surface area contributed by atoms with Crippen molar-refractivity contribution in [2.75, 3.05) is 36.8 Å². The van der Waals surface area contributed by atoms with Gasteiger partial charge < -0.3 is 15.5 Å². The number of para-hydroxylation sites is 1. The highest BCUT2D eigenvalue weighted by molar-refractivity contribution is 5.73. The number of nitrogens with one attached hydrogen (secondary N) is 2. The Balaban J connectivity index is 1.73. The Morgan fingerprint density at radius 2 is 1.88 bits per heavy atom.